The first-order valence-electron chi connectivity index (χ1n) is 10.4. The Bertz CT molecular complexity index is 1320. The molecule has 0 fully saturated rings. The van der Waals surface area contributed by atoms with Crippen LogP contribution < -0.4 is 15.4 Å². The van der Waals surface area contributed by atoms with E-state index in [4.69, 9.17) is 16.3 Å². The standard InChI is InChI=1S/C26H22ClFN4O/c1-33-25-9-5-19(11-23(25)27)14-32-26-20(15-30-13-17-2-6-21(28)7-3-17)16-31-24-8-4-18(12-29)10-22(24)26/h2-11,16,30H,13-15H2,1H3,(H,31,32). The number of aromatic nitrogens is 1. The Morgan fingerprint density at radius 1 is 1.00 bits per heavy atom. The molecule has 0 bridgehead atoms. The average Bonchev–Trinajstić information content (AvgIpc) is 2.84. The van der Waals surface area contributed by atoms with Crippen molar-refractivity contribution < 1.29 is 9.13 Å². The van der Waals surface area contributed by atoms with Gasteiger partial charge in [0.25, 0.3) is 0 Å². The molecule has 0 unspecified atom stereocenters. The lowest BCUT2D eigenvalue weighted by atomic mass is 10.1. The van der Waals surface area contributed by atoms with Crippen LogP contribution in [0, 0.1) is 17.1 Å². The Morgan fingerprint density at radius 2 is 1.79 bits per heavy atom. The predicted molar refractivity (Wildman–Crippen MR) is 129 cm³/mol. The highest BCUT2D eigenvalue weighted by atomic mass is 35.5. The number of nitriles is 1. The van der Waals surface area contributed by atoms with Crippen LogP contribution in [-0.4, -0.2) is 12.1 Å². The Hall–Kier alpha value is -3.66. The monoisotopic (exact) mass is 460 g/mol. The van der Waals surface area contributed by atoms with Crippen LogP contribution in [0.25, 0.3) is 10.9 Å². The molecule has 0 saturated heterocycles. The van der Waals surface area contributed by atoms with E-state index in [1.54, 1.807) is 25.3 Å². The van der Waals surface area contributed by atoms with Gasteiger partial charge >= 0.3 is 0 Å². The summed E-state index contributed by atoms with van der Waals surface area (Å²) in [6.45, 7) is 1.66. The highest BCUT2D eigenvalue weighted by Crippen LogP contribution is 2.29. The summed E-state index contributed by atoms with van der Waals surface area (Å²) in [6.07, 6.45) is 1.83. The zero-order valence-electron chi connectivity index (χ0n) is 18.0. The summed E-state index contributed by atoms with van der Waals surface area (Å²) in [6, 6.07) is 19.7. The van der Waals surface area contributed by atoms with Crippen molar-refractivity contribution in [3.63, 3.8) is 0 Å². The smallest absolute Gasteiger partial charge is 0.137 e. The molecule has 0 aliphatic heterocycles. The highest BCUT2D eigenvalue weighted by molar-refractivity contribution is 6.32. The van der Waals surface area contributed by atoms with Gasteiger partial charge in [0.1, 0.15) is 11.6 Å². The van der Waals surface area contributed by atoms with Gasteiger partial charge in [0, 0.05) is 42.5 Å². The van der Waals surface area contributed by atoms with E-state index in [1.165, 1.54) is 12.1 Å². The minimum Gasteiger partial charge on any atom is -0.495 e. The number of nitrogens with zero attached hydrogens (tertiary/aromatic N) is 2. The van der Waals surface area contributed by atoms with Crippen molar-refractivity contribution in [2.24, 2.45) is 0 Å². The molecule has 4 rings (SSSR count). The van der Waals surface area contributed by atoms with Crippen molar-refractivity contribution in [2.45, 2.75) is 19.6 Å². The number of anilines is 1. The van der Waals surface area contributed by atoms with E-state index in [2.05, 4.69) is 21.7 Å². The van der Waals surface area contributed by atoms with Crippen LogP contribution in [0.4, 0.5) is 10.1 Å². The van der Waals surface area contributed by atoms with Crippen LogP contribution in [0.5, 0.6) is 5.75 Å². The number of benzene rings is 3. The van der Waals surface area contributed by atoms with Gasteiger partial charge in [-0.1, -0.05) is 29.8 Å². The number of hydrogen-bond acceptors (Lipinski definition) is 5. The van der Waals surface area contributed by atoms with Crippen molar-refractivity contribution in [1.29, 1.82) is 5.26 Å². The maximum Gasteiger partial charge on any atom is 0.137 e. The fraction of sp³-hybridized carbons (Fsp3) is 0.154. The summed E-state index contributed by atoms with van der Waals surface area (Å²) in [5, 5.41) is 17.7. The molecule has 1 aromatic heterocycles. The van der Waals surface area contributed by atoms with Crippen LogP contribution in [0.3, 0.4) is 0 Å². The molecule has 166 valence electrons. The van der Waals surface area contributed by atoms with Gasteiger partial charge in [0.2, 0.25) is 0 Å². The van der Waals surface area contributed by atoms with E-state index in [1.807, 2.05) is 36.5 Å². The maximum atomic E-state index is 13.2. The van der Waals surface area contributed by atoms with Gasteiger partial charge in [0.05, 0.1) is 29.3 Å². The summed E-state index contributed by atoms with van der Waals surface area (Å²) < 4.78 is 18.4. The van der Waals surface area contributed by atoms with Crippen LogP contribution in [-0.2, 0) is 19.6 Å². The topological polar surface area (TPSA) is 70.0 Å². The second kappa shape index (κ2) is 10.3. The molecule has 0 aliphatic carbocycles. The van der Waals surface area contributed by atoms with Crippen molar-refractivity contribution in [3.8, 4) is 11.8 Å². The normalized spacial score (nSPS) is 10.7. The van der Waals surface area contributed by atoms with Gasteiger partial charge in [-0.15, -0.1) is 0 Å². The SMILES string of the molecule is COc1ccc(CNc2c(CNCc3ccc(F)cc3)cnc3ccc(C#N)cc23)cc1Cl. The highest BCUT2D eigenvalue weighted by Gasteiger charge is 2.11. The van der Waals surface area contributed by atoms with E-state index < -0.39 is 0 Å². The number of rotatable bonds is 8. The summed E-state index contributed by atoms with van der Waals surface area (Å²) in [5.74, 6) is 0.370. The number of halogens is 2. The summed E-state index contributed by atoms with van der Waals surface area (Å²) in [4.78, 5) is 4.57. The van der Waals surface area contributed by atoms with Gasteiger partial charge < -0.3 is 15.4 Å². The molecule has 0 aliphatic rings. The van der Waals surface area contributed by atoms with Gasteiger partial charge in [-0.05, 0) is 53.6 Å². The quantitative estimate of drug-likeness (QED) is 0.347. The molecule has 7 heteroatoms. The second-order valence-corrected chi connectivity index (χ2v) is 7.96. The van der Waals surface area contributed by atoms with E-state index in [0.29, 0.717) is 36.0 Å². The van der Waals surface area contributed by atoms with Crippen molar-refractivity contribution in [2.75, 3.05) is 12.4 Å². The molecule has 5 nitrogen and oxygen atoms in total. The van der Waals surface area contributed by atoms with Crippen LogP contribution in [0.15, 0.2) is 66.9 Å². The second-order valence-electron chi connectivity index (χ2n) is 7.55. The number of fused-ring (bicyclic) bond motifs is 1. The van der Waals surface area contributed by atoms with Gasteiger partial charge in [-0.25, -0.2) is 4.39 Å². The van der Waals surface area contributed by atoms with Gasteiger partial charge in [-0.3, -0.25) is 4.98 Å². The molecule has 0 amide bonds. The van der Waals surface area contributed by atoms with E-state index in [0.717, 1.165) is 33.3 Å². The molecule has 0 radical (unpaired) electrons. The molecule has 2 N–H and O–H groups in total. The Balaban J connectivity index is 1.60. The largest absolute Gasteiger partial charge is 0.495 e. The zero-order chi connectivity index (χ0) is 23.2. The molecule has 4 aromatic rings. The minimum atomic E-state index is -0.254. The van der Waals surface area contributed by atoms with Crippen molar-refractivity contribution in [3.05, 3.63) is 100.0 Å². The van der Waals surface area contributed by atoms with Crippen LogP contribution in [0.1, 0.15) is 22.3 Å². The number of methoxy groups -OCH3 is 1. The predicted octanol–water partition coefficient (Wildman–Crippen LogP) is 5.81. The third kappa shape index (κ3) is 5.40. The fourth-order valence-electron chi connectivity index (χ4n) is 3.60. The van der Waals surface area contributed by atoms with Crippen LogP contribution in [0.2, 0.25) is 5.02 Å². The molecule has 1 heterocycles. The lowest BCUT2D eigenvalue weighted by Crippen LogP contribution is -2.15. The van der Waals surface area contributed by atoms with Gasteiger partial charge in [0.15, 0.2) is 0 Å². The number of ether oxygens (including phenoxy) is 1. The Kier molecular flexibility index (Phi) is 7.04. The zero-order valence-corrected chi connectivity index (χ0v) is 18.8. The van der Waals surface area contributed by atoms with Crippen LogP contribution >= 0.6 is 11.6 Å². The Morgan fingerprint density at radius 3 is 2.52 bits per heavy atom. The lowest BCUT2D eigenvalue weighted by Gasteiger charge is -2.16. The molecule has 0 saturated carbocycles. The minimum absolute atomic E-state index is 0.254. The first-order valence-corrected chi connectivity index (χ1v) is 10.8. The maximum absolute atomic E-state index is 13.2. The number of pyridine rings is 1. The summed E-state index contributed by atoms with van der Waals surface area (Å²) in [7, 11) is 1.58. The third-order valence-corrected chi connectivity index (χ3v) is 5.61. The molecule has 0 spiro atoms. The van der Waals surface area contributed by atoms with E-state index >= 15 is 0 Å². The third-order valence-electron chi connectivity index (χ3n) is 5.32. The number of hydrogen-bond donors (Lipinski definition) is 2. The molecular weight excluding hydrogens is 439 g/mol. The van der Waals surface area contributed by atoms with Crippen molar-refractivity contribution in [1.82, 2.24) is 10.3 Å². The van der Waals surface area contributed by atoms with E-state index in [-0.39, 0.29) is 5.82 Å². The first kappa shape index (κ1) is 22.5. The molecule has 3 aromatic carbocycles. The van der Waals surface area contributed by atoms with Gasteiger partial charge in [-0.2, -0.15) is 5.26 Å². The molecular formula is C26H22ClFN4O. The van der Waals surface area contributed by atoms with Crippen molar-refractivity contribution >= 4 is 28.2 Å². The lowest BCUT2D eigenvalue weighted by molar-refractivity contribution is 0.415. The molecule has 0 atom stereocenters. The Labute approximate surface area is 196 Å². The van der Waals surface area contributed by atoms with E-state index in [9.17, 15) is 9.65 Å². The average molecular weight is 461 g/mol. The number of nitrogens with one attached hydrogen (secondary N) is 2. The fourth-order valence-corrected chi connectivity index (χ4v) is 3.88. The first-order chi connectivity index (χ1) is 16.1. The molecule has 33 heavy (non-hydrogen) atoms. The summed E-state index contributed by atoms with van der Waals surface area (Å²) >= 11 is 6.28. The summed E-state index contributed by atoms with van der Waals surface area (Å²) in [5.41, 5.74) is 5.20.